The predicted molar refractivity (Wildman–Crippen MR) is 88.9 cm³/mol. The van der Waals surface area contributed by atoms with Gasteiger partial charge in [0.05, 0.1) is 18.8 Å². The monoisotopic (exact) mass is 365 g/mol. The van der Waals surface area contributed by atoms with Gasteiger partial charge in [0.1, 0.15) is 0 Å². The van der Waals surface area contributed by atoms with Crippen molar-refractivity contribution >= 4 is 21.8 Å². The van der Waals surface area contributed by atoms with Crippen LogP contribution in [0.1, 0.15) is 6.92 Å². The van der Waals surface area contributed by atoms with Crippen LogP contribution in [0.5, 0.6) is 0 Å². The summed E-state index contributed by atoms with van der Waals surface area (Å²) >= 11 is 0. The van der Waals surface area contributed by atoms with E-state index in [2.05, 4.69) is 0 Å². The van der Waals surface area contributed by atoms with Gasteiger partial charge in [0.25, 0.3) is 0 Å². The fraction of sp³-hybridized carbons (Fsp3) is 0.857. The van der Waals surface area contributed by atoms with E-state index >= 15 is 0 Å². The topological polar surface area (TPSA) is 118 Å². The van der Waals surface area contributed by atoms with E-state index in [1.54, 1.807) is 16.7 Å². The number of hydrogen-bond acceptors (Lipinski definition) is 7. The first-order valence-corrected chi connectivity index (χ1v) is 9.85. The zero-order valence-electron chi connectivity index (χ0n) is 14.1. The average molecular weight is 365 g/mol. The molecule has 10 heteroatoms. The van der Waals surface area contributed by atoms with E-state index in [1.165, 1.54) is 0 Å². The van der Waals surface area contributed by atoms with Gasteiger partial charge in [0, 0.05) is 51.6 Å². The molecule has 1 aliphatic heterocycles. The van der Waals surface area contributed by atoms with Crippen LogP contribution in [0.4, 0.5) is 0 Å². The molecule has 0 atom stereocenters. The van der Waals surface area contributed by atoms with Gasteiger partial charge < -0.3 is 10.2 Å². The zero-order chi connectivity index (χ0) is 18.2. The quantitative estimate of drug-likeness (QED) is 0.530. The van der Waals surface area contributed by atoms with Crippen molar-refractivity contribution in [3.63, 3.8) is 0 Å². The maximum Gasteiger partial charge on any atom is 0.317 e. The van der Waals surface area contributed by atoms with Crippen LogP contribution in [0.25, 0.3) is 0 Å². The second kappa shape index (κ2) is 9.92. The third kappa shape index (κ3) is 8.57. The van der Waals surface area contributed by atoms with Crippen LogP contribution in [0.3, 0.4) is 0 Å². The Morgan fingerprint density at radius 1 is 0.833 bits per heavy atom. The van der Waals surface area contributed by atoms with Gasteiger partial charge in [-0.25, -0.2) is 8.42 Å². The van der Waals surface area contributed by atoms with E-state index in [1.807, 2.05) is 4.90 Å². The van der Waals surface area contributed by atoms with Crippen molar-refractivity contribution in [2.45, 2.75) is 6.92 Å². The van der Waals surface area contributed by atoms with Gasteiger partial charge in [-0.1, -0.05) is 6.92 Å². The summed E-state index contributed by atoms with van der Waals surface area (Å²) in [4.78, 5) is 27.4. The lowest BCUT2D eigenvalue weighted by atomic mass is 10.4. The molecule has 0 aromatic carbocycles. The summed E-state index contributed by atoms with van der Waals surface area (Å²) in [5.74, 6) is -1.71. The third-order valence-electron chi connectivity index (χ3n) is 4.07. The van der Waals surface area contributed by atoms with Crippen molar-refractivity contribution in [2.75, 3.05) is 70.4 Å². The molecule has 0 aromatic heterocycles. The minimum absolute atomic E-state index is 0.0569. The second-order valence-electron chi connectivity index (χ2n) is 5.92. The van der Waals surface area contributed by atoms with Crippen molar-refractivity contribution in [3.05, 3.63) is 0 Å². The fourth-order valence-electron chi connectivity index (χ4n) is 2.52. The van der Waals surface area contributed by atoms with E-state index < -0.39 is 21.8 Å². The van der Waals surface area contributed by atoms with Gasteiger partial charge in [-0.3, -0.25) is 24.3 Å². The smallest absolute Gasteiger partial charge is 0.317 e. The number of nitrogens with zero attached hydrogens (tertiary/aromatic N) is 3. The van der Waals surface area contributed by atoms with Crippen molar-refractivity contribution < 1.29 is 28.2 Å². The maximum atomic E-state index is 11.7. The van der Waals surface area contributed by atoms with Crippen molar-refractivity contribution in [3.8, 4) is 0 Å². The number of sulfone groups is 1. The lowest BCUT2D eigenvalue weighted by Gasteiger charge is -2.24. The Balaban J connectivity index is 2.71. The highest BCUT2D eigenvalue weighted by Gasteiger charge is 2.20. The van der Waals surface area contributed by atoms with Crippen LogP contribution in [-0.2, 0) is 19.4 Å². The molecule has 0 radical (unpaired) electrons. The minimum atomic E-state index is -3.07. The molecule has 0 spiro atoms. The standard InChI is InChI=1S/C14H27N3O6S/c1-2-24(22,23)10-9-15-3-5-16(11-13(18)19)7-8-17(6-4-15)12-14(20)21/h2-12H2,1H3,(H,18,19)(H,20,21). The van der Waals surface area contributed by atoms with Gasteiger partial charge in [-0.05, 0) is 0 Å². The zero-order valence-corrected chi connectivity index (χ0v) is 14.9. The van der Waals surface area contributed by atoms with Crippen LogP contribution < -0.4 is 0 Å². The van der Waals surface area contributed by atoms with E-state index in [9.17, 15) is 18.0 Å². The first-order valence-electron chi connectivity index (χ1n) is 8.03. The number of hydrogen-bond donors (Lipinski definition) is 2. The lowest BCUT2D eigenvalue weighted by Crippen LogP contribution is -2.40. The van der Waals surface area contributed by atoms with E-state index in [-0.39, 0.29) is 24.6 Å². The fourth-order valence-corrected chi connectivity index (χ4v) is 3.34. The molecule has 24 heavy (non-hydrogen) atoms. The number of carboxylic acids is 2. The lowest BCUT2D eigenvalue weighted by molar-refractivity contribution is -0.140. The van der Waals surface area contributed by atoms with Gasteiger partial charge in [-0.2, -0.15) is 0 Å². The molecular weight excluding hydrogens is 338 g/mol. The van der Waals surface area contributed by atoms with Crippen molar-refractivity contribution in [1.29, 1.82) is 0 Å². The molecule has 0 bridgehead atoms. The Bertz CT molecular complexity index is 497. The first kappa shape index (κ1) is 20.8. The molecule has 1 heterocycles. The van der Waals surface area contributed by atoms with Gasteiger partial charge in [0.15, 0.2) is 9.84 Å². The number of rotatable bonds is 8. The Labute approximate surface area is 142 Å². The SMILES string of the molecule is CCS(=O)(=O)CCN1CCN(CC(=O)O)CCN(CC(=O)O)CC1. The molecule has 1 saturated heterocycles. The van der Waals surface area contributed by atoms with Crippen LogP contribution in [0.2, 0.25) is 0 Å². The largest absolute Gasteiger partial charge is 0.480 e. The normalized spacial score (nSPS) is 19.4. The molecule has 1 fully saturated rings. The Morgan fingerprint density at radius 3 is 1.54 bits per heavy atom. The molecule has 0 amide bonds. The Morgan fingerprint density at radius 2 is 1.21 bits per heavy atom. The highest BCUT2D eigenvalue weighted by Crippen LogP contribution is 2.02. The summed E-state index contributed by atoms with van der Waals surface area (Å²) in [6.45, 7) is 4.86. The highest BCUT2D eigenvalue weighted by atomic mass is 32.2. The van der Waals surface area contributed by atoms with Crippen LogP contribution in [-0.4, -0.2) is 116 Å². The van der Waals surface area contributed by atoms with E-state index in [0.717, 1.165) is 0 Å². The van der Waals surface area contributed by atoms with Crippen LogP contribution >= 0.6 is 0 Å². The van der Waals surface area contributed by atoms with Crippen molar-refractivity contribution in [2.24, 2.45) is 0 Å². The average Bonchev–Trinajstić information content (AvgIpc) is 2.57. The molecular formula is C14H27N3O6S. The molecule has 0 aliphatic carbocycles. The molecule has 1 rings (SSSR count). The Hall–Kier alpha value is -1.23. The van der Waals surface area contributed by atoms with Gasteiger partial charge in [0.2, 0.25) is 0 Å². The molecule has 0 saturated carbocycles. The second-order valence-corrected chi connectivity index (χ2v) is 8.39. The van der Waals surface area contributed by atoms with Gasteiger partial charge in [-0.15, -0.1) is 0 Å². The van der Waals surface area contributed by atoms with Crippen LogP contribution in [0, 0.1) is 0 Å². The molecule has 9 nitrogen and oxygen atoms in total. The van der Waals surface area contributed by atoms with Gasteiger partial charge >= 0.3 is 11.9 Å². The highest BCUT2D eigenvalue weighted by molar-refractivity contribution is 7.91. The van der Waals surface area contributed by atoms with Crippen LogP contribution in [0.15, 0.2) is 0 Å². The van der Waals surface area contributed by atoms with E-state index in [0.29, 0.717) is 45.8 Å². The number of aliphatic carboxylic acids is 2. The summed E-state index contributed by atoms with van der Waals surface area (Å²) in [6, 6.07) is 0. The van der Waals surface area contributed by atoms with E-state index in [4.69, 9.17) is 10.2 Å². The summed E-state index contributed by atoms with van der Waals surface area (Å²) in [5.41, 5.74) is 0. The number of carboxylic acid groups (broad SMARTS) is 2. The molecule has 2 N–H and O–H groups in total. The number of carbonyl (C=O) groups is 2. The molecule has 140 valence electrons. The molecule has 0 unspecified atom stereocenters. The maximum absolute atomic E-state index is 11.7. The molecule has 1 aliphatic rings. The summed E-state index contributed by atoms with van der Waals surface area (Å²) in [5, 5.41) is 18.0. The molecule has 0 aromatic rings. The summed E-state index contributed by atoms with van der Waals surface area (Å²) < 4.78 is 23.4. The first-order chi connectivity index (χ1) is 11.2. The third-order valence-corrected chi connectivity index (χ3v) is 5.76. The summed E-state index contributed by atoms with van der Waals surface area (Å²) in [7, 11) is -3.07. The summed E-state index contributed by atoms with van der Waals surface area (Å²) in [6.07, 6.45) is 0. The Kier molecular flexibility index (Phi) is 8.60. The van der Waals surface area contributed by atoms with Crippen molar-refractivity contribution in [1.82, 2.24) is 14.7 Å². The predicted octanol–water partition coefficient (Wildman–Crippen LogP) is -1.49. The minimum Gasteiger partial charge on any atom is -0.480 e.